The zero-order valence-corrected chi connectivity index (χ0v) is 8.00. The molecular formula is C9H8O4S. The zero-order valence-electron chi connectivity index (χ0n) is 7.19. The summed E-state index contributed by atoms with van der Waals surface area (Å²) in [7, 11) is 0. The topological polar surface area (TPSA) is 74.6 Å². The van der Waals surface area contributed by atoms with Crippen LogP contribution in [0.15, 0.2) is 22.1 Å². The summed E-state index contributed by atoms with van der Waals surface area (Å²) in [5.41, 5.74) is 1.33. The number of allylic oxidation sites excluding steroid dienone is 2. The van der Waals surface area contributed by atoms with Gasteiger partial charge in [-0.3, -0.25) is 4.79 Å². The number of rotatable bonds is 2. The fraction of sp³-hybridized carbons (Fsp3) is 0.333. The normalized spacial score (nSPS) is 24.9. The lowest BCUT2D eigenvalue weighted by Gasteiger charge is -2.04. The van der Waals surface area contributed by atoms with E-state index in [9.17, 15) is 9.59 Å². The summed E-state index contributed by atoms with van der Waals surface area (Å²) >= 11 is 1.25. The second kappa shape index (κ2) is 3.16. The Labute approximate surface area is 84.3 Å². The maximum absolute atomic E-state index is 10.7. The van der Waals surface area contributed by atoms with Gasteiger partial charge in [-0.1, -0.05) is 5.57 Å². The molecule has 0 saturated heterocycles. The molecule has 1 heterocycles. The molecule has 2 N–H and O–H groups in total. The summed E-state index contributed by atoms with van der Waals surface area (Å²) in [6, 6.07) is 0. The smallest absolute Gasteiger partial charge is 0.331 e. The number of aliphatic carboxylic acids is 2. The van der Waals surface area contributed by atoms with E-state index in [1.807, 2.05) is 0 Å². The van der Waals surface area contributed by atoms with E-state index < -0.39 is 17.2 Å². The van der Waals surface area contributed by atoms with E-state index in [0.29, 0.717) is 18.4 Å². The summed E-state index contributed by atoms with van der Waals surface area (Å²) < 4.78 is 0. The average molecular weight is 212 g/mol. The Morgan fingerprint density at radius 2 is 2.14 bits per heavy atom. The van der Waals surface area contributed by atoms with Gasteiger partial charge in [0, 0.05) is 16.9 Å². The fourth-order valence-electron chi connectivity index (χ4n) is 1.61. The van der Waals surface area contributed by atoms with E-state index in [0.717, 1.165) is 10.5 Å². The van der Waals surface area contributed by atoms with Crippen LogP contribution in [0.5, 0.6) is 0 Å². The summed E-state index contributed by atoms with van der Waals surface area (Å²) in [6.45, 7) is 0. The highest BCUT2D eigenvalue weighted by atomic mass is 32.2. The van der Waals surface area contributed by atoms with Gasteiger partial charge in [-0.25, -0.2) is 4.79 Å². The van der Waals surface area contributed by atoms with Crippen molar-refractivity contribution in [3.63, 3.8) is 0 Å². The van der Waals surface area contributed by atoms with Crippen LogP contribution in [0, 0.1) is 0 Å². The van der Waals surface area contributed by atoms with Gasteiger partial charge >= 0.3 is 11.9 Å². The minimum absolute atomic E-state index is 0.367. The third-order valence-electron chi connectivity index (χ3n) is 2.31. The molecule has 0 fully saturated rings. The van der Waals surface area contributed by atoms with Gasteiger partial charge in [0.25, 0.3) is 0 Å². The molecular weight excluding hydrogens is 204 g/mol. The van der Waals surface area contributed by atoms with Crippen LogP contribution in [0.2, 0.25) is 0 Å². The first kappa shape index (κ1) is 9.33. The highest BCUT2D eigenvalue weighted by Gasteiger charge is 2.33. The predicted octanol–water partition coefficient (Wildman–Crippen LogP) is 1.25. The quantitative estimate of drug-likeness (QED) is 0.720. The SMILES string of the molecule is O=C(O)C1=CC2=C(C1)CC(C(=O)O)S2. The Kier molecular flexibility index (Phi) is 2.11. The molecule has 1 atom stereocenters. The van der Waals surface area contributed by atoms with Gasteiger partial charge in [0.1, 0.15) is 5.25 Å². The molecule has 0 spiro atoms. The van der Waals surface area contributed by atoms with Crippen molar-refractivity contribution in [3.05, 3.63) is 22.1 Å². The largest absolute Gasteiger partial charge is 0.480 e. The first-order valence-electron chi connectivity index (χ1n) is 4.13. The molecule has 2 aliphatic rings. The van der Waals surface area contributed by atoms with Crippen LogP contribution >= 0.6 is 11.8 Å². The van der Waals surface area contributed by atoms with Crippen LogP contribution in [-0.4, -0.2) is 27.4 Å². The maximum atomic E-state index is 10.7. The second-order valence-electron chi connectivity index (χ2n) is 3.27. The highest BCUT2D eigenvalue weighted by Crippen LogP contribution is 2.45. The van der Waals surface area contributed by atoms with Crippen LogP contribution in [0.3, 0.4) is 0 Å². The third-order valence-corrected chi connectivity index (χ3v) is 3.62. The van der Waals surface area contributed by atoms with E-state index in [1.165, 1.54) is 11.8 Å². The Bertz CT molecular complexity index is 380. The Hall–Kier alpha value is -1.23. The van der Waals surface area contributed by atoms with E-state index in [2.05, 4.69) is 0 Å². The van der Waals surface area contributed by atoms with Gasteiger partial charge in [-0.05, 0) is 12.5 Å². The molecule has 0 aromatic rings. The molecule has 0 bridgehead atoms. The molecule has 0 amide bonds. The van der Waals surface area contributed by atoms with Crippen LogP contribution < -0.4 is 0 Å². The number of carboxylic acid groups (broad SMARTS) is 2. The summed E-state index contributed by atoms with van der Waals surface area (Å²) in [4.78, 5) is 22.1. The number of hydrogen-bond donors (Lipinski definition) is 2. The zero-order chi connectivity index (χ0) is 10.3. The minimum atomic E-state index is -0.910. The molecule has 1 aliphatic heterocycles. The third kappa shape index (κ3) is 1.43. The van der Waals surface area contributed by atoms with Crippen LogP contribution in [0.25, 0.3) is 0 Å². The predicted molar refractivity (Wildman–Crippen MR) is 51.0 cm³/mol. The molecule has 1 aliphatic carbocycles. The number of hydrogen-bond acceptors (Lipinski definition) is 3. The highest BCUT2D eigenvalue weighted by molar-refractivity contribution is 8.04. The van der Waals surface area contributed by atoms with E-state index in [-0.39, 0.29) is 0 Å². The van der Waals surface area contributed by atoms with Crippen molar-refractivity contribution in [2.24, 2.45) is 0 Å². The minimum Gasteiger partial charge on any atom is -0.480 e. The Morgan fingerprint density at radius 1 is 1.43 bits per heavy atom. The first-order chi connectivity index (χ1) is 6.58. The summed E-state index contributed by atoms with van der Waals surface area (Å²) in [6.07, 6.45) is 2.47. The fourth-order valence-corrected chi connectivity index (χ4v) is 2.84. The van der Waals surface area contributed by atoms with Gasteiger partial charge in [0.2, 0.25) is 0 Å². The van der Waals surface area contributed by atoms with Crippen molar-refractivity contribution in [2.75, 3.05) is 0 Å². The molecule has 4 nitrogen and oxygen atoms in total. The molecule has 5 heteroatoms. The van der Waals surface area contributed by atoms with Gasteiger partial charge in [-0.2, -0.15) is 0 Å². The van der Waals surface area contributed by atoms with E-state index in [4.69, 9.17) is 10.2 Å². The van der Waals surface area contributed by atoms with Crippen molar-refractivity contribution in [3.8, 4) is 0 Å². The second-order valence-corrected chi connectivity index (χ2v) is 4.51. The molecule has 2 rings (SSSR count). The molecule has 0 radical (unpaired) electrons. The van der Waals surface area contributed by atoms with Crippen LogP contribution in [-0.2, 0) is 9.59 Å². The first-order valence-corrected chi connectivity index (χ1v) is 5.01. The van der Waals surface area contributed by atoms with Crippen molar-refractivity contribution in [2.45, 2.75) is 18.1 Å². The van der Waals surface area contributed by atoms with Gasteiger partial charge in [0.15, 0.2) is 0 Å². The lowest BCUT2D eigenvalue weighted by atomic mass is 10.1. The van der Waals surface area contributed by atoms with Gasteiger partial charge in [-0.15, -0.1) is 11.8 Å². The summed E-state index contributed by atoms with van der Waals surface area (Å²) in [5, 5.41) is 17.1. The average Bonchev–Trinajstić information content (AvgIpc) is 2.57. The lowest BCUT2D eigenvalue weighted by molar-refractivity contribution is -0.136. The Balaban J connectivity index is 2.10. The van der Waals surface area contributed by atoms with Crippen molar-refractivity contribution in [1.82, 2.24) is 0 Å². The van der Waals surface area contributed by atoms with E-state index >= 15 is 0 Å². The Morgan fingerprint density at radius 3 is 2.64 bits per heavy atom. The molecule has 1 unspecified atom stereocenters. The molecule has 0 aromatic heterocycles. The summed E-state index contributed by atoms with van der Waals surface area (Å²) in [5.74, 6) is -1.73. The van der Waals surface area contributed by atoms with E-state index in [1.54, 1.807) is 6.08 Å². The number of carbonyl (C=O) groups is 2. The number of thioether (sulfide) groups is 1. The van der Waals surface area contributed by atoms with Gasteiger partial charge in [0.05, 0.1) is 0 Å². The molecule has 0 saturated carbocycles. The van der Waals surface area contributed by atoms with Crippen molar-refractivity contribution in [1.29, 1.82) is 0 Å². The van der Waals surface area contributed by atoms with Crippen molar-refractivity contribution < 1.29 is 19.8 Å². The van der Waals surface area contributed by atoms with Crippen LogP contribution in [0.4, 0.5) is 0 Å². The standard InChI is InChI=1S/C9H8O4S/c10-8(11)5-1-4-2-7(9(12)13)14-6(4)3-5/h3,7H,1-2H2,(H,10,11)(H,12,13). The molecule has 0 aromatic carbocycles. The molecule has 74 valence electrons. The number of carboxylic acids is 2. The molecule has 14 heavy (non-hydrogen) atoms. The maximum Gasteiger partial charge on any atom is 0.331 e. The van der Waals surface area contributed by atoms with Crippen LogP contribution in [0.1, 0.15) is 12.8 Å². The van der Waals surface area contributed by atoms with Crippen molar-refractivity contribution >= 4 is 23.7 Å². The lowest BCUT2D eigenvalue weighted by Crippen LogP contribution is -2.13. The monoisotopic (exact) mass is 212 g/mol. The van der Waals surface area contributed by atoms with Gasteiger partial charge < -0.3 is 10.2 Å².